The van der Waals surface area contributed by atoms with Gasteiger partial charge in [-0.3, -0.25) is 20.0 Å². The predicted molar refractivity (Wildman–Crippen MR) is 45.4 cm³/mol. The number of nitrogens with zero attached hydrogens (tertiary/aromatic N) is 2. The molecule has 1 aliphatic rings. The van der Waals surface area contributed by atoms with E-state index in [2.05, 4.69) is 5.43 Å². The van der Waals surface area contributed by atoms with Crippen LogP contribution in [0, 0.1) is 5.41 Å². The molecule has 1 rings (SSSR count). The van der Waals surface area contributed by atoms with Gasteiger partial charge in [0.25, 0.3) is 0 Å². The van der Waals surface area contributed by atoms with Gasteiger partial charge in [0.15, 0.2) is 0 Å². The second kappa shape index (κ2) is 3.60. The van der Waals surface area contributed by atoms with Crippen molar-refractivity contribution in [3.8, 4) is 0 Å². The number of hydrogen-bond donors (Lipinski definition) is 5. The molecule has 76 valence electrons. The maximum Gasteiger partial charge on any atom is 0.341 e. The molecule has 1 fully saturated rings. The second-order valence-corrected chi connectivity index (χ2v) is 4.30. The normalized spacial score (nSPS) is 18.5. The largest absolute Gasteiger partial charge is 0.341 e. The summed E-state index contributed by atoms with van der Waals surface area (Å²) in [7, 11) is -4.07. The minimum absolute atomic E-state index is 0.00782. The first-order chi connectivity index (χ1) is 5.90. The third kappa shape index (κ3) is 2.94. The van der Waals surface area contributed by atoms with E-state index in [1.165, 1.54) is 10.0 Å². The molecule has 0 saturated carbocycles. The van der Waals surface area contributed by atoms with Crippen LogP contribution in [0.5, 0.6) is 0 Å². The SMILES string of the molecule is N=C1N(N)CCN1NCP(=O)(O)O. The van der Waals surface area contributed by atoms with E-state index in [0.717, 1.165) is 0 Å². The fourth-order valence-electron chi connectivity index (χ4n) is 0.906. The summed E-state index contributed by atoms with van der Waals surface area (Å²) in [6.07, 6.45) is -0.483. The van der Waals surface area contributed by atoms with Crippen molar-refractivity contribution in [2.45, 2.75) is 0 Å². The van der Waals surface area contributed by atoms with Crippen LogP contribution < -0.4 is 11.3 Å². The summed E-state index contributed by atoms with van der Waals surface area (Å²) in [5.74, 6) is 5.35. The molecule has 8 nitrogen and oxygen atoms in total. The van der Waals surface area contributed by atoms with Gasteiger partial charge in [0.1, 0.15) is 6.29 Å². The van der Waals surface area contributed by atoms with Gasteiger partial charge in [0.2, 0.25) is 5.96 Å². The van der Waals surface area contributed by atoms with E-state index in [0.29, 0.717) is 13.1 Å². The number of hydrazine groups is 2. The summed E-state index contributed by atoms with van der Waals surface area (Å²) in [5.41, 5.74) is 2.43. The number of nitrogens with one attached hydrogen (secondary N) is 2. The van der Waals surface area contributed by atoms with Gasteiger partial charge < -0.3 is 9.79 Å². The Morgan fingerprint density at radius 1 is 1.62 bits per heavy atom. The lowest BCUT2D eigenvalue weighted by Gasteiger charge is -2.19. The Morgan fingerprint density at radius 2 is 2.23 bits per heavy atom. The van der Waals surface area contributed by atoms with E-state index in [1.807, 2.05) is 0 Å². The van der Waals surface area contributed by atoms with Crippen LogP contribution in [0.25, 0.3) is 0 Å². The van der Waals surface area contributed by atoms with Gasteiger partial charge in [-0.15, -0.1) is 0 Å². The van der Waals surface area contributed by atoms with Crippen LogP contribution in [0.1, 0.15) is 0 Å². The maximum atomic E-state index is 10.5. The van der Waals surface area contributed by atoms with Crippen molar-refractivity contribution >= 4 is 13.6 Å². The standard InChI is InChI=1S/C4H12N5O3P/c5-4-8(6)1-2-9(4)7-3-13(10,11)12/h5,7H,1-3,6H2,(H2,10,11,12). The van der Waals surface area contributed by atoms with Crippen molar-refractivity contribution in [2.24, 2.45) is 5.84 Å². The van der Waals surface area contributed by atoms with E-state index in [-0.39, 0.29) is 5.96 Å². The van der Waals surface area contributed by atoms with Crippen molar-refractivity contribution in [2.75, 3.05) is 19.4 Å². The van der Waals surface area contributed by atoms with Crippen LogP contribution in [0.2, 0.25) is 0 Å². The number of guanidine groups is 1. The van der Waals surface area contributed by atoms with Crippen LogP contribution in [-0.4, -0.2) is 45.1 Å². The second-order valence-electron chi connectivity index (χ2n) is 2.65. The molecule has 0 spiro atoms. The summed E-state index contributed by atoms with van der Waals surface area (Å²) in [5, 5.41) is 9.81. The van der Waals surface area contributed by atoms with E-state index >= 15 is 0 Å². The molecule has 0 aromatic carbocycles. The maximum absolute atomic E-state index is 10.5. The summed E-state index contributed by atoms with van der Waals surface area (Å²) in [4.78, 5) is 17.1. The summed E-state index contributed by atoms with van der Waals surface area (Å²) in [6, 6.07) is 0. The molecular weight excluding hydrogens is 197 g/mol. The molecule has 0 unspecified atom stereocenters. The Bertz CT molecular complexity index is 252. The Hall–Kier alpha value is -0.660. The smallest absolute Gasteiger partial charge is 0.323 e. The van der Waals surface area contributed by atoms with Crippen LogP contribution in [0.3, 0.4) is 0 Å². The lowest BCUT2D eigenvalue weighted by molar-refractivity contribution is 0.319. The van der Waals surface area contributed by atoms with Crippen LogP contribution >= 0.6 is 7.60 Å². The molecule has 0 bridgehead atoms. The van der Waals surface area contributed by atoms with Crippen LogP contribution in [-0.2, 0) is 4.57 Å². The molecule has 0 amide bonds. The summed E-state index contributed by atoms with van der Waals surface area (Å²) >= 11 is 0. The van der Waals surface area contributed by atoms with Crippen molar-refractivity contribution in [1.82, 2.24) is 15.4 Å². The highest BCUT2D eigenvalue weighted by molar-refractivity contribution is 7.51. The molecule has 1 heterocycles. The average Bonchev–Trinajstić information content (AvgIpc) is 2.29. The zero-order valence-electron chi connectivity index (χ0n) is 6.84. The van der Waals surface area contributed by atoms with Crippen LogP contribution in [0.4, 0.5) is 0 Å². The van der Waals surface area contributed by atoms with Crippen molar-refractivity contribution in [3.05, 3.63) is 0 Å². The third-order valence-corrected chi connectivity index (χ3v) is 2.11. The fourth-order valence-corrected chi connectivity index (χ4v) is 1.26. The zero-order chi connectivity index (χ0) is 10.1. The minimum Gasteiger partial charge on any atom is -0.323 e. The molecule has 13 heavy (non-hydrogen) atoms. The molecule has 0 aromatic rings. The minimum atomic E-state index is -4.07. The van der Waals surface area contributed by atoms with Gasteiger partial charge in [0, 0.05) is 0 Å². The highest BCUT2D eigenvalue weighted by Gasteiger charge is 2.24. The van der Waals surface area contributed by atoms with Crippen molar-refractivity contribution in [3.63, 3.8) is 0 Å². The number of rotatable bonds is 3. The molecule has 0 radical (unpaired) electrons. The molecule has 0 aromatic heterocycles. The third-order valence-electron chi connectivity index (χ3n) is 1.56. The highest BCUT2D eigenvalue weighted by Crippen LogP contribution is 2.32. The summed E-state index contributed by atoms with van der Waals surface area (Å²) < 4.78 is 10.5. The Morgan fingerprint density at radius 3 is 2.62 bits per heavy atom. The predicted octanol–water partition coefficient (Wildman–Crippen LogP) is -1.95. The van der Waals surface area contributed by atoms with E-state index in [9.17, 15) is 4.57 Å². The van der Waals surface area contributed by atoms with E-state index in [4.69, 9.17) is 21.0 Å². The van der Waals surface area contributed by atoms with Gasteiger partial charge in [-0.1, -0.05) is 0 Å². The average molecular weight is 209 g/mol. The van der Waals surface area contributed by atoms with Gasteiger partial charge >= 0.3 is 7.60 Å². The van der Waals surface area contributed by atoms with Gasteiger partial charge in [0.05, 0.1) is 13.1 Å². The highest BCUT2D eigenvalue weighted by atomic mass is 31.2. The first-order valence-electron chi connectivity index (χ1n) is 3.56. The molecular formula is C4H12N5O3P. The lowest BCUT2D eigenvalue weighted by atomic mass is 10.7. The summed E-state index contributed by atoms with van der Waals surface area (Å²) in [6.45, 7) is 0.905. The number of nitrogens with two attached hydrogens (primary N) is 1. The van der Waals surface area contributed by atoms with E-state index in [1.54, 1.807) is 0 Å². The molecule has 0 atom stereocenters. The molecule has 6 N–H and O–H groups in total. The molecule has 1 aliphatic heterocycles. The Kier molecular flexibility index (Phi) is 2.89. The van der Waals surface area contributed by atoms with Crippen molar-refractivity contribution < 1.29 is 14.4 Å². The molecule has 1 saturated heterocycles. The molecule has 0 aliphatic carbocycles. The topological polar surface area (TPSA) is 126 Å². The zero-order valence-corrected chi connectivity index (χ0v) is 7.74. The van der Waals surface area contributed by atoms with Crippen molar-refractivity contribution in [1.29, 1.82) is 5.41 Å². The van der Waals surface area contributed by atoms with Gasteiger partial charge in [-0.2, -0.15) is 0 Å². The quantitative estimate of drug-likeness (QED) is 0.270. The first kappa shape index (κ1) is 10.4. The number of hydrogen-bond acceptors (Lipinski definition) is 4. The Balaban J connectivity index is 2.39. The fraction of sp³-hybridized carbons (Fsp3) is 0.750. The van der Waals surface area contributed by atoms with Crippen LogP contribution in [0.15, 0.2) is 0 Å². The molecule has 9 heteroatoms. The lowest BCUT2D eigenvalue weighted by Crippen LogP contribution is -2.44. The van der Waals surface area contributed by atoms with Gasteiger partial charge in [-0.25, -0.2) is 11.3 Å². The monoisotopic (exact) mass is 209 g/mol. The Labute approximate surface area is 74.9 Å². The first-order valence-corrected chi connectivity index (χ1v) is 5.36. The van der Waals surface area contributed by atoms with E-state index < -0.39 is 13.9 Å². The van der Waals surface area contributed by atoms with Gasteiger partial charge in [-0.05, 0) is 0 Å².